The van der Waals surface area contributed by atoms with Crippen LogP contribution in [0.2, 0.25) is 0 Å². The van der Waals surface area contributed by atoms with Gasteiger partial charge in [0.2, 0.25) is 0 Å². The standard InChI is InChI=1S/C14H19IN4S/c1-5-16-12-11(15)10(6-8(2)3)18-13(19-12)14-17-9(4)7-20-14/h7-8H,5-6H2,1-4H3,(H,16,18,19). The Kier molecular flexibility index (Phi) is 5.31. The molecule has 0 aliphatic carbocycles. The molecule has 0 saturated heterocycles. The maximum atomic E-state index is 4.73. The molecule has 0 aliphatic heterocycles. The van der Waals surface area contributed by atoms with E-state index in [1.807, 2.05) is 12.3 Å². The summed E-state index contributed by atoms with van der Waals surface area (Å²) in [5.41, 5.74) is 2.12. The van der Waals surface area contributed by atoms with Gasteiger partial charge in [0.05, 0.1) is 9.26 Å². The van der Waals surface area contributed by atoms with E-state index in [4.69, 9.17) is 4.98 Å². The van der Waals surface area contributed by atoms with Gasteiger partial charge in [0.15, 0.2) is 10.8 Å². The van der Waals surface area contributed by atoms with Crippen LogP contribution in [0.15, 0.2) is 5.38 Å². The monoisotopic (exact) mass is 402 g/mol. The fourth-order valence-corrected chi connectivity index (χ4v) is 3.23. The number of nitrogens with one attached hydrogen (secondary N) is 1. The Balaban J connectivity index is 2.49. The van der Waals surface area contributed by atoms with Crippen LogP contribution >= 0.6 is 33.9 Å². The van der Waals surface area contributed by atoms with Gasteiger partial charge in [-0.15, -0.1) is 11.3 Å². The van der Waals surface area contributed by atoms with Crippen LogP contribution in [0.4, 0.5) is 5.82 Å². The van der Waals surface area contributed by atoms with Gasteiger partial charge < -0.3 is 5.32 Å². The Morgan fingerprint density at radius 3 is 2.60 bits per heavy atom. The Morgan fingerprint density at radius 2 is 2.05 bits per heavy atom. The molecular weight excluding hydrogens is 383 g/mol. The SMILES string of the molecule is CCNc1nc(-c2nc(C)cs2)nc(CC(C)C)c1I. The highest BCUT2D eigenvalue weighted by Crippen LogP contribution is 2.27. The number of halogens is 1. The van der Waals surface area contributed by atoms with E-state index in [0.29, 0.717) is 5.92 Å². The molecule has 6 heteroatoms. The number of aryl methyl sites for hydroxylation is 1. The van der Waals surface area contributed by atoms with E-state index in [1.165, 1.54) is 0 Å². The quantitative estimate of drug-likeness (QED) is 0.764. The molecule has 20 heavy (non-hydrogen) atoms. The largest absolute Gasteiger partial charge is 0.369 e. The lowest BCUT2D eigenvalue weighted by Gasteiger charge is -2.12. The van der Waals surface area contributed by atoms with Crippen LogP contribution < -0.4 is 5.32 Å². The van der Waals surface area contributed by atoms with Crippen molar-refractivity contribution in [1.29, 1.82) is 0 Å². The lowest BCUT2D eigenvalue weighted by Crippen LogP contribution is -2.09. The zero-order chi connectivity index (χ0) is 14.7. The van der Waals surface area contributed by atoms with Gasteiger partial charge in [-0.05, 0) is 48.8 Å². The fourth-order valence-electron chi connectivity index (χ4n) is 1.85. The molecule has 0 aliphatic rings. The minimum absolute atomic E-state index is 0.568. The summed E-state index contributed by atoms with van der Waals surface area (Å²) < 4.78 is 1.12. The molecule has 2 aromatic rings. The zero-order valence-corrected chi connectivity index (χ0v) is 15.2. The third-order valence-corrected chi connectivity index (χ3v) is 4.77. The molecule has 2 aromatic heterocycles. The third-order valence-electron chi connectivity index (χ3n) is 2.68. The first kappa shape index (κ1) is 15.6. The Hall–Kier alpha value is -0.760. The van der Waals surface area contributed by atoms with E-state index in [2.05, 4.69) is 58.6 Å². The molecule has 0 atom stereocenters. The van der Waals surface area contributed by atoms with Gasteiger partial charge in [0.1, 0.15) is 5.82 Å². The van der Waals surface area contributed by atoms with Crippen molar-refractivity contribution in [3.8, 4) is 10.8 Å². The van der Waals surface area contributed by atoms with Crippen LogP contribution in [-0.4, -0.2) is 21.5 Å². The average Bonchev–Trinajstić information content (AvgIpc) is 2.80. The highest BCUT2D eigenvalue weighted by Gasteiger charge is 2.15. The van der Waals surface area contributed by atoms with Crippen molar-refractivity contribution < 1.29 is 0 Å². The minimum Gasteiger partial charge on any atom is -0.369 e. The van der Waals surface area contributed by atoms with Gasteiger partial charge in [-0.2, -0.15) is 0 Å². The van der Waals surface area contributed by atoms with Crippen LogP contribution in [0, 0.1) is 16.4 Å². The summed E-state index contributed by atoms with van der Waals surface area (Å²) in [5, 5.41) is 6.25. The average molecular weight is 402 g/mol. The highest BCUT2D eigenvalue weighted by atomic mass is 127. The topological polar surface area (TPSA) is 50.7 Å². The predicted molar refractivity (Wildman–Crippen MR) is 93.3 cm³/mol. The normalized spacial score (nSPS) is 11.1. The number of rotatable bonds is 5. The maximum Gasteiger partial charge on any atom is 0.191 e. The highest BCUT2D eigenvalue weighted by molar-refractivity contribution is 14.1. The van der Waals surface area contributed by atoms with Crippen molar-refractivity contribution in [3.05, 3.63) is 20.3 Å². The summed E-state index contributed by atoms with van der Waals surface area (Å²) >= 11 is 3.93. The van der Waals surface area contributed by atoms with E-state index in [9.17, 15) is 0 Å². The summed E-state index contributed by atoms with van der Waals surface area (Å²) in [6.45, 7) is 9.33. The third kappa shape index (κ3) is 3.66. The Labute approximate surface area is 137 Å². The van der Waals surface area contributed by atoms with Crippen molar-refractivity contribution in [2.24, 2.45) is 5.92 Å². The van der Waals surface area contributed by atoms with E-state index in [0.717, 1.165) is 44.6 Å². The van der Waals surface area contributed by atoms with Crippen molar-refractivity contribution in [1.82, 2.24) is 15.0 Å². The summed E-state index contributed by atoms with van der Waals surface area (Å²) in [4.78, 5) is 13.9. The number of thiazole rings is 1. The molecule has 108 valence electrons. The van der Waals surface area contributed by atoms with Crippen LogP contribution in [0.3, 0.4) is 0 Å². The Morgan fingerprint density at radius 1 is 1.30 bits per heavy atom. The van der Waals surface area contributed by atoms with Crippen LogP contribution in [0.5, 0.6) is 0 Å². The molecule has 0 spiro atoms. The lowest BCUT2D eigenvalue weighted by atomic mass is 10.1. The molecule has 4 nitrogen and oxygen atoms in total. The first-order valence-corrected chi connectivity index (χ1v) is 8.69. The van der Waals surface area contributed by atoms with Crippen LogP contribution in [0.25, 0.3) is 10.8 Å². The summed E-state index contributed by atoms with van der Waals surface area (Å²) in [5.74, 6) is 2.22. The molecule has 0 unspecified atom stereocenters. The van der Waals surface area contributed by atoms with Gasteiger partial charge in [-0.3, -0.25) is 0 Å². The molecular formula is C14H19IN4S. The fraction of sp³-hybridized carbons (Fsp3) is 0.500. The summed E-state index contributed by atoms with van der Waals surface area (Å²) in [6, 6.07) is 0. The van der Waals surface area contributed by atoms with Crippen molar-refractivity contribution in [3.63, 3.8) is 0 Å². The van der Waals surface area contributed by atoms with Crippen molar-refractivity contribution in [2.75, 3.05) is 11.9 Å². The molecule has 0 bridgehead atoms. The second kappa shape index (κ2) is 6.80. The predicted octanol–water partition coefficient (Wildman–Crippen LogP) is 4.14. The number of aromatic nitrogens is 3. The number of hydrogen-bond donors (Lipinski definition) is 1. The van der Waals surface area contributed by atoms with Crippen molar-refractivity contribution >= 4 is 39.7 Å². The second-order valence-corrected chi connectivity index (χ2v) is 7.02. The zero-order valence-electron chi connectivity index (χ0n) is 12.2. The number of nitrogens with zero attached hydrogens (tertiary/aromatic N) is 3. The molecule has 0 amide bonds. The van der Waals surface area contributed by atoms with Gasteiger partial charge >= 0.3 is 0 Å². The van der Waals surface area contributed by atoms with Crippen molar-refractivity contribution in [2.45, 2.75) is 34.1 Å². The summed E-state index contributed by atoms with van der Waals surface area (Å²) in [6.07, 6.45) is 0.955. The molecule has 0 saturated carbocycles. The molecule has 0 radical (unpaired) electrons. The number of hydrogen-bond acceptors (Lipinski definition) is 5. The van der Waals surface area contributed by atoms with Gasteiger partial charge in [0.25, 0.3) is 0 Å². The molecule has 2 rings (SSSR count). The molecule has 0 aromatic carbocycles. The number of anilines is 1. The first-order valence-electron chi connectivity index (χ1n) is 6.74. The van der Waals surface area contributed by atoms with Crippen LogP contribution in [-0.2, 0) is 6.42 Å². The minimum atomic E-state index is 0.568. The molecule has 1 N–H and O–H groups in total. The second-order valence-electron chi connectivity index (χ2n) is 5.08. The van der Waals surface area contributed by atoms with Gasteiger partial charge in [-0.25, -0.2) is 15.0 Å². The van der Waals surface area contributed by atoms with Gasteiger partial charge in [-0.1, -0.05) is 13.8 Å². The maximum absolute atomic E-state index is 4.73. The first-order chi connectivity index (χ1) is 9.51. The Bertz CT molecular complexity index is 595. The smallest absolute Gasteiger partial charge is 0.191 e. The van der Waals surface area contributed by atoms with E-state index in [1.54, 1.807) is 11.3 Å². The van der Waals surface area contributed by atoms with E-state index < -0.39 is 0 Å². The van der Waals surface area contributed by atoms with Gasteiger partial charge in [0, 0.05) is 17.6 Å². The van der Waals surface area contributed by atoms with E-state index in [-0.39, 0.29) is 0 Å². The van der Waals surface area contributed by atoms with E-state index >= 15 is 0 Å². The lowest BCUT2D eigenvalue weighted by molar-refractivity contribution is 0.632. The molecule has 2 heterocycles. The molecule has 0 fully saturated rings. The van der Waals surface area contributed by atoms with Crippen LogP contribution in [0.1, 0.15) is 32.2 Å². The summed E-state index contributed by atoms with van der Waals surface area (Å²) in [7, 11) is 0.